The van der Waals surface area contributed by atoms with E-state index >= 15 is 0 Å². The fraction of sp³-hybridized carbons (Fsp3) is 0.333. The third-order valence-electron chi connectivity index (χ3n) is 2.80. The molecule has 1 unspecified atom stereocenters. The molecule has 0 bridgehead atoms. The number of carbonyl (C=O) groups excluding carboxylic acids is 1. The zero-order valence-corrected chi connectivity index (χ0v) is 8.92. The van der Waals surface area contributed by atoms with Crippen molar-refractivity contribution in [3.8, 4) is 0 Å². The Hall–Kier alpha value is -1.42. The van der Waals surface area contributed by atoms with Crippen LogP contribution >= 0.6 is 0 Å². The zero-order valence-electron chi connectivity index (χ0n) is 8.92. The zero-order chi connectivity index (χ0) is 11.5. The molecule has 1 aliphatic heterocycles. The van der Waals surface area contributed by atoms with E-state index in [0.717, 1.165) is 12.0 Å². The van der Waals surface area contributed by atoms with Crippen LogP contribution in [0.3, 0.4) is 0 Å². The van der Waals surface area contributed by atoms with Crippen LogP contribution < -0.4 is 10.6 Å². The quantitative estimate of drug-likeness (QED) is 0.799. The Kier molecular flexibility index (Phi) is 3.19. The summed E-state index contributed by atoms with van der Waals surface area (Å²) in [6.45, 7) is 4.84. The maximum absolute atomic E-state index is 13.2. The molecule has 2 rings (SSSR count). The highest BCUT2D eigenvalue weighted by Crippen LogP contribution is 2.12. The van der Waals surface area contributed by atoms with Crippen LogP contribution in [0, 0.1) is 12.7 Å². The first-order valence-electron chi connectivity index (χ1n) is 5.29. The van der Waals surface area contributed by atoms with E-state index in [1.54, 1.807) is 6.07 Å². The van der Waals surface area contributed by atoms with Crippen LogP contribution in [0.2, 0.25) is 0 Å². The second-order valence-electron chi connectivity index (χ2n) is 3.89. The Morgan fingerprint density at radius 3 is 3.06 bits per heavy atom. The molecule has 1 radical (unpaired) electrons. The lowest BCUT2D eigenvalue weighted by atomic mass is 10.1. The van der Waals surface area contributed by atoms with Crippen LogP contribution in [0.25, 0.3) is 0 Å². The first kappa shape index (κ1) is 11.1. The van der Waals surface area contributed by atoms with Crippen LogP contribution in [-0.4, -0.2) is 18.5 Å². The van der Waals surface area contributed by atoms with Crippen molar-refractivity contribution in [3.05, 3.63) is 42.1 Å². The number of carbonyl (C=O) groups is 1. The van der Waals surface area contributed by atoms with Crippen molar-refractivity contribution in [1.82, 2.24) is 10.6 Å². The standard InChI is InChI=1S/C12H14FN2O/c1-8-9(3-2-4-10(8)13)7-15-11-5-6-14-12(11)16/h2-4,11,15H,1,5-7H2,(H,14,16). The number of hydrogen-bond acceptors (Lipinski definition) is 2. The molecule has 1 aromatic rings. The molecule has 0 spiro atoms. The van der Waals surface area contributed by atoms with E-state index in [0.29, 0.717) is 18.7 Å². The average molecular weight is 221 g/mol. The van der Waals surface area contributed by atoms with Gasteiger partial charge in [0.2, 0.25) is 5.91 Å². The lowest BCUT2D eigenvalue weighted by Gasteiger charge is -2.11. The number of rotatable bonds is 3. The molecule has 1 fully saturated rings. The summed E-state index contributed by atoms with van der Waals surface area (Å²) in [5, 5.41) is 5.84. The van der Waals surface area contributed by atoms with Crippen molar-refractivity contribution in [1.29, 1.82) is 0 Å². The van der Waals surface area contributed by atoms with Gasteiger partial charge in [-0.2, -0.15) is 0 Å². The molecule has 1 amide bonds. The first-order valence-corrected chi connectivity index (χ1v) is 5.29. The predicted octanol–water partition coefficient (Wildman–Crippen LogP) is 0.986. The Balaban J connectivity index is 1.99. The molecule has 1 heterocycles. The van der Waals surface area contributed by atoms with Crippen molar-refractivity contribution in [2.24, 2.45) is 0 Å². The third kappa shape index (κ3) is 2.22. The van der Waals surface area contributed by atoms with Crippen LogP contribution in [0.15, 0.2) is 18.2 Å². The lowest BCUT2D eigenvalue weighted by Crippen LogP contribution is -2.35. The van der Waals surface area contributed by atoms with Gasteiger partial charge < -0.3 is 10.6 Å². The summed E-state index contributed by atoms with van der Waals surface area (Å²) in [5.41, 5.74) is 1.19. The van der Waals surface area contributed by atoms with E-state index in [1.165, 1.54) is 6.07 Å². The SMILES string of the molecule is [CH2]c1c(F)cccc1CNC1CCNC1=O. The number of benzene rings is 1. The van der Waals surface area contributed by atoms with E-state index in [4.69, 9.17) is 0 Å². The van der Waals surface area contributed by atoms with Gasteiger partial charge in [0.25, 0.3) is 0 Å². The minimum absolute atomic E-state index is 0.0158. The van der Waals surface area contributed by atoms with Crippen LogP contribution in [-0.2, 0) is 11.3 Å². The van der Waals surface area contributed by atoms with Crippen LogP contribution in [0.1, 0.15) is 17.5 Å². The van der Waals surface area contributed by atoms with Gasteiger partial charge in [-0.05, 0) is 30.5 Å². The van der Waals surface area contributed by atoms with Crippen molar-refractivity contribution in [3.63, 3.8) is 0 Å². The van der Waals surface area contributed by atoms with Crippen molar-refractivity contribution >= 4 is 5.91 Å². The van der Waals surface area contributed by atoms with Gasteiger partial charge in [-0.3, -0.25) is 4.79 Å². The summed E-state index contributed by atoms with van der Waals surface area (Å²) < 4.78 is 13.2. The maximum atomic E-state index is 13.2. The van der Waals surface area contributed by atoms with Gasteiger partial charge >= 0.3 is 0 Å². The van der Waals surface area contributed by atoms with E-state index in [9.17, 15) is 9.18 Å². The molecule has 0 saturated carbocycles. The summed E-state index contributed by atoms with van der Waals surface area (Å²) in [6.07, 6.45) is 0.778. The molecule has 0 aliphatic carbocycles. The number of halogens is 1. The molecule has 2 N–H and O–H groups in total. The van der Waals surface area contributed by atoms with Crippen molar-refractivity contribution in [2.75, 3.05) is 6.54 Å². The van der Waals surface area contributed by atoms with E-state index in [2.05, 4.69) is 17.6 Å². The molecule has 1 atom stereocenters. The van der Waals surface area contributed by atoms with Gasteiger partial charge in [-0.15, -0.1) is 0 Å². The second kappa shape index (κ2) is 4.61. The van der Waals surface area contributed by atoms with Crippen molar-refractivity contribution < 1.29 is 9.18 Å². The molecule has 1 saturated heterocycles. The van der Waals surface area contributed by atoms with Gasteiger partial charge in [-0.25, -0.2) is 4.39 Å². The average Bonchev–Trinajstić information content (AvgIpc) is 2.67. The molecule has 1 aliphatic rings. The highest BCUT2D eigenvalue weighted by atomic mass is 19.1. The first-order chi connectivity index (χ1) is 7.68. The molecule has 85 valence electrons. The minimum atomic E-state index is -0.310. The molecule has 3 nitrogen and oxygen atoms in total. The van der Waals surface area contributed by atoms with Crippen LogP contribution in [0.5, 0.6) is 0 Å². The highest BCUT2D eigenvalue weighted by molar-refractivity contribution is 5.83. The summed E-state index contributed by atoms with van der Waals surface area (Å²) >= 11 is 0. The van der Waals surface area contributed by atoms with E-state index in [1.807, 2.05) is 6.07 Å². The largest absolute Gasteiger partial charge is 0.355 e. The van der Waals surface area contributed by atoms with Gasteiger partial charge in [0, 0.05) is 13.1 Å². The predicted molar refractivity (Wildman–Crippen MR) is 59.1 cm³/mol. The normalized spacial score (nSPS) is 19.9. The lowest BCUT2D eigenvalue weighted by molar-refractivity contribution is -0.120. The van der Waals surface area contributed by atoms with E-state index < -0.39 is 0 Å². The van der Waals surface area contributed by atoms with Gasteiger partial charge in [0.1, 0.15) is 5.82 Å². The minimum Gasteiger partial charge on any atom is -0.355 e. The highest BCUT2D eigenvalue weighted by Gasteiger charge is 2.23. The molecule has 4 heteroatoms. The summed E-state index contributed by atoms with van der Waals surface area (Å²) in [4.78, 5) is 11.3. The fourth-order valence-corrected chi connectivity index (χ4v) is 1.79. The van der Waals surface area contributed by atoms with Gasteiger partial charge in [0.15, 0.2) is 0 Å². The molecule has 1 aromatic carbocycles. The van der Waals surface area contributed by atoms with Gasteiger partial charge in [-0.1, -0.05) is 12.1 Å². The molecular weight excluding hydrogens is 207 g/mol. The maximum Gasteiger partial charge on any atom is 0.237 e. The number of nitrogens with one attached hydrogen (secondary N) is 2. The Morgan fingerprint density at radius 1 is 1.56 bits per heavy atom. The molecule has 0 aromatic heterocycles. The number of amides is 1. The summed E-state index contributed by atoms with van der Waals surface area (Å²) in [5.74, 6) is -0.294. The third-order valence-corrected chi connectivity index (χ3v) is 2.80. The monoisotopic (exact) mass is 221 g/mol. The second-order valence-corrected chi connectivity index (χ2v) is 3.89. The smallest absolute Gasteiger partial charge is 0.237 e. The Bertz CT molecular complexity index is 406. The topological polar surface area (TPSA) is 41.1 Å². The fourth-order valence-electron chi connectivity index (χ4n) is 1.79. The van der Waals surface area contributed by atoms with E-state index in [-0.39, 0.29) is 17.8 Å². The van der Waals surface area contributed by atoms with Gasteiger partial charge in [0.05, 0.1) is 6.04 Å². The summed E-state index contributed by atoms with van der Waals surface area (Å²) in [7, 11) is 0. The Labute approximate surface area is 94.0 Å². The Morgan fingerprint density at radius 2 is 2.38 bits per heavy atom. The van der Waals surface area contributed by atoms with Crippen molar-refractivity contribution in [2.45, 2.75) is 19.0 Å². The number of hydrogen-bond donors (Lipinski definition) is 2. The molecular formula is C12H14FN2O. The summed E-state index contributed by atoms with van der Waals surface area (Å²) in [6, 6.07) is 4.68. The molecule has 16 heavy (non-hydrogen) atoms. The van der Waals surface area contributed by atoms with Crippen LogP contribution in [0.4, 0.5) is 4.39 Å².